The normalized spacial score (nSPS) is 42.6. The fourth-order valence-electron chi connectivity index (χ4n) is 6.41. The summed E-state index contributed by atoms with van der Waals surface area (Å²) in [5.41, 5.74) is 0. The second-order valence-corrected chi connectivity index (χ2v) is 10.8. The summed E-state index contributed by atoms with van der Waals surface area (Å²) in [6.45, 7) is 0.556. The number of hydrogen-bond acceptors (Lipinski definition) is 16. The molecular formula is C29H54O16. The first-order valence-electron chi connectivity index (χ1n) is 14.8. The Kier molecular flexibility index (Phi) is 16.7. The van der Waals surface area contributed by atoms with Crippen molar-refractivity contribution in [1.82, 2.24) is 0 Å². The third kappa shape index (κ3) is 8.70. The highest BCUT2D eigenvalue weighted by Crippen LogP contribution is 2.36. The van der Waals surface area contributed by atoms with Crippen LogP contribution in [0.2, 0.25) is 0 Å². The first kappa shape index (κ1) is 38.8. The Labute approximate surface area is 266 Å². The fourth-order valence-corrected chi connectivity index (χ4v) is 6.41. The molecule has 0 aromatic carbocycles. The van der Waals surface area contributed by atoms with Crippen LogP contribution in [0.5, 0.6) is 0 Å². The maximum atomic E-state index is 6.63. The van der Waals surface area contributed by atoms with Crippen LogP contribution in [0.1, 0.15) is 0 Å². The SMILES string of the molecule is COC[C@H]1O[C@H](O[C@@H]2[C@H](OC)[C@@H](OC)[C@@H](O[C@@H]3[C@H](OC)[C@@H](OC)[C@@H](OC)O[C@@H]3COC)O[C@@H]2COC)[C@H](OC)[C@@H](OC)[C@H]1OC. The second kappa shape index (κ2) is 19.4. The molecule has 3 fully saturated rings. The molecule has 0 N–H and O–H groups in total. The van der Waals surface area contributed by atoms with Crippen molar-refractivity contribution in [3.63, 3.8) is 0 Å². The van der Waals surface area contributed by atoms with E-state index in [0.29, 0.717) is 0 Å². The lowest BCUT2D eigenvalue weighted by Gasteiger charge is -2.51. The average molecular weight is 659 g/mol. The minimum Gasteiger partial charge on any atom is -0.382 e. The summed E-state index contributed by atoms with van der Waals surface area (Å²) < 4.78 is 95.0. The van der Waals surface area contributed by atoms with Gasteiger partial charge >= 0.3 is 0 Å². The molecule has 0 spiro atoms. The first-order chi connectivity index (χ1) is 21.9. The van der Waals surface area contributed by atoms with Gasteiger partial charge in [0, 0.05) is 78.2 Å². The lowest BCUT2D eigenvalue weighted by atomic mass is 9.95. The van der Waals surface area contributed by atoms with Crippen LogP contribution in [0, 0.1) is 0 Å². The van der Waals surface area contributed by atoms with Crippen molar-refractivity contribution in [2.75, 3.05) is 98.0 Å². The monoisotopic (exact) mass is 658 g/mol. The molecule has 0 radical (unpaired) electrons. The number of methoxy groups -OCH3 is 11. The van der Waals surface area contributed by atoms with E-state index < -0.39 is 92.1 Å². The van der Waals surface area contributed by atoms with Crippen LogP contribution in [-0.2, 0) is 75.8 Å². The van der Waals surface area contributed by atoms with E-state index in [1.165, 1.54) is 14.2 Å². The molecule has 16 nitrogen and oxygen atoms in total. The minimum atomic E-state index is -0.974. The number of ether oxygens (including phenoxy) is 16. The summed E-state index contributed by atoms with van der Waals surface area (Å²) in [7, 11) is 17.2. The van der Waals surface area contributed by atoms with Crippen molar-refractivity contribution in [1.29, 1.82) is 0 Å². The molecular weight excluding hydrogens is 604 g/mol. The predicted octanol–water partition coefficient (Wildman–Crippen LogP) is -0.378. The van der Waals surface area contributed by atoms with Crippen LogP contribution in [0.25, 0.3) is 0 Å². The average Bonchev–Trinajstić information content (AvgIpc) is 3.05. The van der Waals surface area contributed by atoms with E-state index in [2.05, 4.69) is 0 Å². The van der Waals surface area contributed by atoms with E-state index in [1.807, 2.05) is 0 Å². The van der Waals surface area contributed by atoms with Gasteiger partial charge in [-0.2, -0.15) is 0 Å². The third-order valence-electron chi connectivity index (χ3n) is 8.49. The fraction of sp³-hybridized carbons (Fsp3) is 1.00. The molecule has 0 aromatic rings. The quantitative estimate of drug-likeness (QED) is 0.188. The molecule has 0 amide bonds. The zero-order chi connectivity index (χ0) is 33.1. The van der Waals surface area contributed by atoms with Crippen LogP contribution in [0.15, 0.2) is 0 Å². The lowest BCUT2D eigenvalue weighted by molar-refractivity contribution is -0.385. The van der Waals surface area contributed by atoms with E-state index in [9.17, 15) is 0 Å². The van der Waals surface area contributed by atoms with E-state index in [-0.39, 0.29) is 19.8 Å². The van der Waals surface area contributed by atoms with Gasteiger partial charge in [0.15, 0.2) is 18.9 Å². The van der Waals surface area contributed by atoms with Crippen LogP contribution in [0.4, 0.5) is 0 Å². The standard InChI is InChI=1S/C29H54O16/c1-30-12-15-18(33-4)21(34-5)25(38-9)28(42-15)45-20-17(14-32-3)43-29(26(39-10)23(20)36-7)44-19-16(13-31-2)41-27(40-11)24(37-8)22(19)35-6/h15-29H,12-14H2,1-11H3/t15-,16-,17-,18+,19+,20+,21+,22+,23+,24-,25-,26-,27+,28-,29-/m1/s1. The van der Waals surface area contributed by atoms with Gasteiger partial charge in [0.05, 0.1) is 19.8 Å². The number of rotatable bonds is 18. The maximum absolute atomic E-state index is 6.63. The molecule has 0 aliphatic carbocycles. The zero-order valence-corrected chi connectivity index (χ0v) is 28.3. The van der Waals surface area contributed by atoms with Gasteiger partial charge in [-0.1, -0.05) is 0 Å². The minimum absolute atomic E-state index is 0.129. The van der Waals surface area contributed by atoms with E-state index in [4.69, 9.17) is 75.8 Å². The Morgan fingerprint density at radius 1 is 0.311 bits per heavy atom. The molecule has 3 heterocycles. The van der Waals surface area contributed by atoms with Crippen molar-refractivity contribution in [3.8, 4) is 0 Å². The summed E-state index contributed by atoms with van der Waals surface area (Å²) in [6, 6.07) is 0. The highest BCUT2D eigenvalue weighted by molar-refractivity contribution is 4.98. The molecule has 266 valence electrons. The van der Waals surface area contributed by atoms with Gasteiger partial charge < -0.3 is 75.8 Å². The highest BCUT2D eigenvalue weighted by atomic mass is 16.8. The highest BCUT2D eigenvalue weighted by Gasteiger charge is 2.56. The molecule has 16 heteroatoms. The zero-order valence-electron chi connectivity index (χ0n) is 28.3. The smallest absolute Gasteiger partial charge is 0.187 e. The van der Waals surface area contributed by atoms with Gasteiger partial charge in [-0.05, 0) is 0 Å². The van der Waals surface area contributed by atoms with Gasteiger partial charge in [-0.15, -0.1) is 0 Å². The number of hydrogen-bond donors (Lipinski definition) is 0. The van der Waals surface area contributed by atoms with Crippen LogP contribution >= 0.6 is 0 Å². The van der Waals surface area contributed by atoms with E-state index in [0.717, 1.165) is 0 Å². The molecule has 3 saturated heterocycles. The molecule has 0 saturated carbocycles. The van der Waals surface area contributed by atoms with Crippen molar-refractivity contribution in [2.24, 2.45) is 0 Å². The summed E-state index contributed by atoms with van der Waals surface area (Å²) in [4.78, 5) is 0. The summed E-state index contributed by atoms with van der Waals surface area (Å²) in [6.07, 6.45) is -10.3. The molecule has 3 aliphatic heterocycles. The second-order valence-electron chi connectivity index (χ2n) is 10.8. The molecule has 15 atom stereocenters. The lowest BCUT2D eigenvalue weighted by Crippen LogP contribution is -2.67. The summed E-state index contributed by atoms with van der Waals surface area (Å²) >= 11 is 0. The van der Waals surface area contributed by atoms with Crippen LogP contribution in [-0.4, -0.2) is 190 Å². The van der Waals surface area contributed by atoms with Crippen molar-refractivity contribution in [2.45, 2.75) is 92.1 Å². The van der Waals surface area contributed by atoms with Crippen molar-refractivity contribution < 1.29 is 75.8 Å². The van der Waals surface area contributed by atoms with Crippen molar-refractivity contribution in [3.05, 3.63) is 0 Å². The Bertz CT molecular complexity index is 810. The van der Waals surface area contributed by atoms with Crippen LogP contribution in [0.3, 0.4) is 0 Å². The van der Waals surface area contributed by atoms with Gasteiger partial charge in [0.1, 0.15) is 73.2 Å². The van der Waals surface area contributed by atoms with Gasteiger partial charge in [-0.25, -0.2) is 0 Å². The van der Waals surface area contributed by atoms with Gasteiger partial charge in [0.25, 0.3) is 0 Å². The van der Waals surface area contributed by atoms with Gasteiger partial charge in [-0.3, -0.25) is 0 Å². The molecule has 0 aromatic heterocycles. The Balaban J connectivity index is 1.92. The molecule has 0 bridgehead atoms. The largest absolute Gasteiger partial charge is 0.382 e. The Morgan fingerprint density at radius 3 is 0.911 bits per heavy atom. The molecule has 0 unspecified atom stereocenters. The summed E-state index contributed by atoms with van der Waals surface area (Å²) in [5.74, 6) is 0. The Hall–Kier alpha value is -0.640. The molecule has 3 aliphatic rings. The molecule has 3 rings (SSSR count). The molecule has 45 heavy (non-hydrogen) atoms. The third-order valence-corrected chi connectivity index (χ3v) is 8.49. The Morgan fingerprint density at radius 2 is 0.600 bits per heavy atom. The predicted molar refractivity (Wildman–Crippen MR) is 154 cm³/mol. The maximum Gasteiger partial charge on any atom is 0.187 e. The van der Waals surface area contributed by atoms with Gasteiger partial charge in [0.2, 0.25) is 0 Å². The van der Waals surface area contributed by atoms with Crippen molar-refractivity contribution >= 4 is 0 Å². The van der Waals surface area contributed by atoms with E-state index in [1.54, 1.807) is 64.0 Å². The van der Waals surface area contributed by atoms with E-state index >= 15 is 0 Å². The topological polar surface area (TPSA) is 148 Å². The van der Waals surface area contributed by atoms with Crippen LogP contribution < -0.4 is 0 Å². The summed E-state index contributed by atoms with van der Waals surface area (Å²) in [5, 5.41) is 0. The first-order valence-corrected chi connectivity index (χ1v) is 14.8.